The van der Waals surface area contributed by atoms with E-state index in [1.807, 2.05) is 59.3 Å². The maximum absolute atomic E-state index is 12.6. The lowest BCUT2D eigenvalue weighted by Crippen LogP contribution is -2.11. The fourth-order valence-electron chi connectivity index (χ4n) is 4.50. The zero-order valence-electron chi connectivity index (χ0n) is 25.8. The van der Waals surface area contributed by atoms with Gasteiger partial charge in [0.2, 0.25) is 0 Å². The van der Waals surface area contributed by atoms with E-state index in [4.69, 9.17) is 4.74 Å². The Balaban J connectivity index is 1.03. The van der Waals surface area contributed by atoms with Crippen LogP contribution in [-0.4, -0.2) is 51.1 Å². The third-order valence-corrected chi connectivity index (χ3v) is 10.8. The zero-order valence-corrected chi connectivity index (χ0v) is 29.0. The summed E-state index contributed by atoms with van der Waals surface area (Å²) in [5.74, 6) is 0.435. The molecular weight excluding hydrogens is 705 g/mol. The number of sulfone groups is 2. The van der Waals surface area contributed by atoms with E-state index in [-0.39, 0.29) is 9.79 Å². The van der Waals surface area contributed by atoms with Crippen LogP contribution in [0.4, 0.5) is 10.3 Å². The van der Waals surface area contributed by atoms with Crippen LogP contribution < -0.4 is 15.4 Å². The fourth-order valence-corrected chi connectivity index (χ4v) is 7.19. The molecule has 248 valence electrons. The van der Waals surface area contributed by atoms with Crippen molar-refractivity contribution >= 4 is 64.4 Å². The number of rotatable bonds is 10. The molecule has 2 N–H and O–H groups in total. The Hall–Kier alpha value is -5.22. The molecule has 0 aliphatic heterocycles. The molecule has 0 fully saturated rings. The van der Waals surface area contributed by atoms with Gasteiger partial charge in [-0.15, -0.1) is 22.7 Å². The lowest BCUT2D eigenvalue weighted by Gasteiger charge is -2.07. The number of carbonyl (C=O) groups is 2. The summed E-state index contributed by atoms with van der Waals surface area (Å²) >= 11 is 2.54. The Morgan fingerprint density at radius 2 is 0.898 bits per heavy atom. The van der Waals surface area contributed by atoms with Crippen LogP contribution in [0.15, 0.2) is 118 Å². The van der Waals surface area contributed by atoms with Crippen molar-refractivity contribution in [1.29, 1.82) is 0 Å². The standard InChI is InChI=1S/C34H26N4O7S4/c1-48(41,42)27-15-7-23(8-16-27)31(39)37-33-35-29(19-46-33)21-3-11-25(12-4-21)45-26-13-5-22(6-14-26)30-20-47-34(36-30)38-32(40)24-9-17-28(18-10-24)49(2,43)44/h3-20H,1-2H3,(H,35,37,39)(H,36,38,40). The first-order valence-corrected chi connectivity index (χ1v) is 19.9. The Labute approximate surface area is 290 Å². The molecule has 2 heterocycles. The van der Waals surface area contributed by atoms with Crippen LogP contribution in [0.5, 0.6) is 11.5 Å². The SMILES string of the molecule is CS(=O)(=O)c1ccc(C(=O)Nc2nc(-c3ccc(Oc4ccc(-c5csc(NC(=O)c6ccc(S(C)(=O)=O)cc6)n5)cc4)cc3)cs2)cc1. The molecule has 11 nitrogen and oxygen atoms in total. The topological polar surface area (TPSA) is 161 Å². The summed E-state index contributed by atoms with van der Waals surface area (Å²) in [6.07, 6.45) is 2.22. The maximum Gasteiger partial charge on any atom is 0.257 e. The average Bonchev–Trinajstić information content (AvgIpc) is 3.75. The second-order valence-electron chi connectivity index (χ2n) is 10.7. The predicted molar refractivity (Wildman–Crippen MR) is 190 cm³/mol. The molecule has 0 saturated carbocycles. The predicted octanol–water partition coefficient (Wildman–Crippen LogP) is 7.04. The monoisotopic (exact) mass is 730 g/mol. The van der Waals surface area contributed by atoms with Crippen molar-refractivity contribution in [3.05, 3.63) is 119 Å². The molecule has 0 atom stereocenters. The third-order valence-electron chi connectivity index (χ3n) is 7.07. The van der Waals surface area contributed by atoms with Crippen LogP contribution in [0.3, 0.4) is 0 Å². The summed E-state index contributed by atoms with van der Waals surface area (Å²) in [5, 5.41) is 9.95. The largest absolute Gasteiger partial charge is 0.457 e. The van der Waals surface area contributed by atoms with E-state index in [1.54, 1.807) is 0 Å². The second-order valence-corrected chi connectivity index (χ2v) is 16.5. The summed E-state index contributed by atoms with van der Waals surface area (Å²) in [6.45, 7) is 0. The van der Waals surface area contributed by atoms with Gasteiger partial charge in [0.05, 0.1) is 21.2 Å². The molecule has 49 heavy (non-hydrogen) atoms. The smallest absolute Gasteiger partial charge is 0.257 e. The highest BCUT2D eigenvalue weighted by atomic mass is 32.2. The lowest BCUT2D eigenvalue weighted by molar-refractivity contribution is 0.101. The zero-order chi connectivity index (χ0) is 34.8. The van der Waals surface area contributed by atoms with E-state index in [2.05, 4.69) is 20.6 Å². The van der Waals surface area contributed by atoms with Crippen molar-refractivity contribution in [2.24, 2.45) is 0 Å². The molecule has 0 spiro atoms. The van der Waals surface area contributed by atoms with Gasteiger partial charge in [-0.25, -0.2) is 26.8 Å². The summed E-state index contributed by atoms with van der Waals surface area (Å²) in [4.78, 5) is 34.5. The number of hydrogen-bond acceptors (Lipinski definition) is 11. The number of nitrogens with one attached hydrogen (secondary N) is 2. The van der Waals surface area contributed by atoms with Crippen LogP contribution in [-0.2, 0) is 19.7 Å². The van der Waals surface area contributed by atoms with Gasteiger partial charge >= 0.3 is 0 Å². The second kappa shape index (κ2) is 13.7. The molecule has 0 aliphatic carbocycles. The highest BCUT2D eigenvalue weighted by Crippen LogP contribution is 2.31. The summed E-state index contributed by atoms with van der Waals surface area (Å²) in [5.41, 5.74) is 3.64. The van der Waals surface area contributed by atoms with Gasteiger partial charge in [-0.05, 0) is 97.1 Å². The van der Waals surface area contributed by atoms with E-state index in [1.165, 1.54) is 71.2 Å². The molecule has 2 aromatic heterocycles. The molecule has 6 aromatic rings. The Morgan fingerprint density at radius 1 is 0.551 bits per heavy atom. The van der Waals surface area contributed by atoms with Crippen molar-refractivity contribution < 1.29 is 31.2 Å². The van der Waals surface area contributed by atoms with Crippen LogP contribution in [0, 0.1) is 0 Å². The normalized spacial score (nSPS) is 11.6. The van der Waals surface area contributed by atoms with Gasteiger partial charge in [-0.2, -0.15) is 0 Å². The van der Waals surface area contributed by atoms with Gasteiger partial charge in [0, 0.05) is 45.5 Å². The number of amides is 2. The van der Waals surface area contributed by atoms with E-state index >= 15 is 0 Å². The summed E-state index contributed by atoms with van der Waals surface area (Å²) < 4.78 is 52.6. The van der Waals surface area contributed by atoms with Crippen molar-refractivity contribution in [2.75, 3.05) is 23.1 Å². The average molecular weight is 731 g/mol. The number of ether oxygens (including phenoxy) is 1. The van der Waals surface area contributed by atoms with E-state index in [0.29, 0.717) is 44.3 Å². The molecule has 15 heteroatoms. The highest BCUT2D eigenvalue weighted by molar-refractivity contribution is 7.91. The number of thiazole rings is 2. The van der Waals surface area contributed by atoms with Crippen molar-refractivity contribution in [3.8, 4) is 34.0 Å². The first kappa shape index (κ1) is 33.7. The molecule has 0 bridgehead atoms. The van der Waals surface area contributed by atoms with Crippen molar-refractivity contribution in [2.45, 2.75) is 9.79 Å². The van der Waals surface area contributed by atoms with E-state index < -0.39 is 31.5 Å². The molecular formula is C34H26N4O7S4. The van der Waals surface area contributed by atoms with Crippen LogP contribution in [0.2, 0.25) is 0 Å². The summed E-state index contributed by atoms with van der Waals surface area (Å²) in [7, 11) is -6.70. The first-order chi connectivity index (χ1) is 23.3. The van der Waals surface area contributed by atoms with Gasteiger partial charge in [0.25, 0.3) is 11.8 Å². The van der Waals surface area contributed by atoms with Gasteiger partial charge in [-0.1, -0.05) is 0 Å². The van der Waals surface area contributed by atoms with Gasteiger partial charge in [-0.3, -0.25) is 20.2 Å². The Kier molecular flexibility index (Phi) is 9.43. The lowest BCUT2D eigenvalue weighted by atomic mass is 10.1. The fraction of sp³-hybridized carbons (Fsp3) is 0.0588. The van der Waals surface area contributed by atoms with E-state index in [9.17, 15) is 26.4 Å². The number of aromatic nitrogens is 2. The minimum absolute atomic E-state index is 0.138. The van der Waals surface area contributed by atoms with Crippen molar-refractivity contribution in [1.82, 2.24) is 9.97 Å². The molecule has 6 rings (SSSR count). The quantitative estimate of drug-likeness (QED) is 0.151. The van der Waals surface area contributed by atoms with Crippen LogP contribution in [0.25, 0.3) is 22.5 Å². The molecule has 0 aliphatic rings. The van der Waals surface area contributed by atoms with Gasteiger partial charge in [0.1, 0.15) is 11.5 Å². The van der Waals surface area contributed by atoms with Crippen molar-refractivity contribution in [3.63, 3.8) is 0 Å². The first-order valence-electron chi connectivity index (χ1n) is 14.3. The maximum atomic E-state index is 12.6. The summed E-state index contributed by atoms with van der Waals surface area (Å²) in [6, 6.07) is 26.1. The number of nitrogens with zero attached hydrogens (tertiary/aromatic N) is 2. The van der Waals surface area contributed by atoms with Gasteiger partial charge in [0.15, 0.2) is 29.9 Å². The number of hydrogen-bond donors (Lipinski definition) is 2. The molecule has 4 aromatic carbocycles. The number of anilines is 2. The van der Waals surface area contributed by atoms with E-state index in [0.717, 1.165) is 23.6 Å². The minimum atomic E-state index is -3.35. The highest BCUT2D eigenvalue weighted by Gasteiger charge is 2.14. The molecule has 2 amide bonds. The number of benzene rings is 4. The molecule has 0 saturated heterocycles. The van der Waals surface area contributed by atoms with Crippen LogP contribution >= 0.6 is 22.7 Å². The van der Waals surface area contributed by atoms with Crippen LogP contribution in [0.1, 0.15) is 20.7 Å². The minimum Gasteiger partial charge on any atom is -0.457 e. The number of carbonyl (C=O) groups excluding carboxylic acids is 2. The third kappa shape index (κ3) is 8.26. The Morgan fingerprint density at radius 3 is 1.22 bits per heavy atom. The van der Waals surface area contributed by atoms with Gasteiger partial charge < -0.3 is 4.74 Å². The molecule has 0 radical (unpaired) electrons. The Bertz CT molecular complexity index is 2200. The molecule has 0 unspecified atom stereocenters.